The highest BCUT2D eigenvalue weighted by atomic mass is 16.2. The van der Waals surface area contributed by atoms with E-state index in [4.69, 9.17) is 5.73 Å². The summed E-state index contributed by atoms with van der Waals surface area (Å²) < 4.78 is 1.91. The number of aryl methyl sites for hydroxylation is 1. The summed E-state index contributed by atoms with van der Waals surface area (Å²) in [6.07, 6.45) is 6.77. The third-order valence-electron chi connectivity index (χ3n) is 3.15. The molecule has 1 aromatic heterocycles. The maximum Gasteiger partial charge on any atom is 0.236 e. The summed E-state index contributed by atoms with van der Waals surface area (Å²) in [4.78, 5) is 15.8. The van der Waals surface area contributed by atoms with Gasteiger partial charge in [0.05, 0.1) is 12.4 Å². The van der Waals surface area contributed by atoms with Crippen molar-refractivity contribution in [2.24, 2.45) is 5.73 Å². The lowest BCUT2D eigenvalue weighted by atomic mass is 10.1. The van der Waals surface area contributed by atoms with E-state index in [0.29, 0.717) is 19.5 Å². The molecule has 0 aliphatic heterocycles. The van der Waals surface area contributed by atoms with Crippen molar-refractivity contribution in [2.45, 2.75) is 25.4 Å². The molecule has 0 spiro atoms. The van der Waals surface area contributed by atoms with Gasteiger partial charge in [-0.25, -0.2) is 4.98 Å². The lowest BCUT2D eigenvalue weighted by Gasteiger charge is -2.12. The lowest BCUT2D eigenvalue weighted by Crippen LogP contribution is -2.41. The van der Waals surface area contributed by atoms with E-state index in [2.05, 4.69) is 10.3 Å². The average Bonchev–Trinajstić information content (AvgIpc) is 2.99. The smallest absolute Gasteiger partial charge is 0.236 e. The Bertz CT molecular complexity index is 510. The van der Waals surface area contributed by atoms with Gasteiger partial charge >= 0.3 is 0 Å². The van der Waals surface area contributed by atoms with Crippen LogP contribution in [-0.4, -0.2) is 28.0 Å². The number of amides is 1. The van der Waals surface area contributed by atoms with Crippen LogP contribution >= 0.6 is 0 Å². The molecule has 3 N–H and O–H groups in total. The molecule has 1 heterocycles. The van der Waals surface area contributed by atoms with E-state index in [9.17, 15) is 4.79 Å². The van der Waals surface area contributed by atoms with Gasteiger partial charge in [-0.15, -0.1) is 0 Å². The van der Waals surface area contributed by atoms with Crippen molar-refractivity contribution in [3.63, 3.8) is 0 Å². The lowest BCUT2D eigenvalue weighted by molar-refractivity contribution is -0.122. The van der Waals surface area contributed by atoms with E-state index >= 15 is 0 Å². The van der Waals surface area contributed by atoms with Gasteiger partial charge in [0.1, 0.15) is 0 Å². The number of nitrogens with two attached hydrogens (primary N) is 1. The minimum atomic E-state index is -0.460. The molecule has 1 amide bonds. The minimum Gasteiger partial charge on any atom is -0.353 e. The van der Waals surface area contributed by atoms with Crippen molar-refractivity contribution in [3.05, 3.63) is 54.6 Å². The predicted molar refractivity (Wildman–Crippen MR) is 78.0 cm³/mol. The first-order chi connectivity index (χ1) is 9.75. The van der Waals surface area contributed by atoms with Crippen LogP contribution < -0.4 is 11.1 Å². The van der Waals surface area contributed by atoms with Crippen LogP contribution in [-0.2, 0) is 17.8 Å². The standard InChI is InChI=1S/C15H20N4O/c16-14(7-6-13-4-2-1-3-5-13)15(20)18-9-11-19-10-8-17-12-19/h1-5,8,10,12,14H,6-7,9,11,16H2,(H,18,20). The summed E-state index contributed by atoms with van der Waals surface area (Å²) >= 11 is 0. The molecule has 0 radical (unpaired) electrons. The number of hydrogen-bond acceptors (Lipinski definition) is 3. The van der Waals surface area contributed by atoms with Crippen LogP contribution in [0, 0.1) is 0 Å². The van der Waals surface area contributed by atoms with Crippen molar-refractivity contribution >= 4 is 5.91 Å². The summed E-state index contributed by atoms with van der Waals surface area (Å²) in [5.74, 6) is -0.0963. The molecular formula is C15H20N4O. The van der Waals surface area contributed by atoms with Crippen molar-refractivity contribution in [2.75, 3.05) is 6.54 Å². The van der Waals surface area contributed by atoms with Crippen LogP contribution in [0.3, 0.4) is 0 Å². The number of carbonyl (C=O) groups excluding carboxylic acids is 1. The van der Waals surface area contributed by atoms with Crippen molar-refractivity contribution in [3.8, 4) is 0 Å². The van der Waals surface area contributed by atoms with Gasteiger partial charge in [-0.05, 0) is 18.4 Å². The van der Waals surface area contributed by atoms with E-state index in [1.807, 2.05) is 41.1 Å². The van der Waals surface area contributed by atoms with Gasteiger partial charge in [-0.2, -0.15) is 0 Å². The van der Waals surface area contributed by atoms with Crippen molar-refractivity contribution < 1.29 is 4.79 Å². The predicted octanol–water partition coefficient (Wildman–Crippen LogP) is 0.959. The van der Waals surface area contributed by atoms with Crippen LogP contribution in [0.15, 0.2) is 49.1 Å². The van der Waals surface area contributed by atoms with Gasteiger partial charge in [0.25, 0.3) is 0 Å². The highest BCUT2D eigenvalue weighted by Crippen LogP contribution is 2.04. The third kappa shape index (κ3) is 4.51. The fraction of sp³-hybridized carbons (Fsp3) is 0.333. The molecule has 0 saturated carbocycles. The number of benzene rings is 1. The highest BCUT2D eigenvalue weighted by molar-refractivity contribution is 5.81. The molecule has 0 bridgehead atoms. The van der Waals surface area contributed by atoms with E-state index in [0.717, 1.165) is 6.42 Å². The molecule has 1 unspecified atom stereocenters. The molecule has 2 aromatic rings. The van der Waals surface area contributed by atoms with E-state index < -0.39 is 6.04 Å². The Morgan fingerprint density at radius 1 is 1.35 bits per heavy atom. The topological polar surface area (TPSA) is 72.9 Å². The second kappa shape index (κ2) is 7.45. The van der Waals surface area contributed by atoms with Gasteiger partial charge in [0.2, 0.25) is 5.91 Å². The normalized spacial score (nSPS) is 12.1. The first-order valence-corrected chi connectivity index (χ1v) is 6.78. The quantitative estimate of drug-likeness (QED) is 0.788. The zero-order valence-electron chi connectivity index (χ0n) is 11.4. The molecule has 0 aliphatic carbocycles. The Labute approximate surface area is 118 Å². The number of hydrogen-bond donors (Lipinski definition) is 2. The summed E-state index contributed by atoms with van der Waals surface area (Å²) in [5, 5.41) is 2.84. The summed E-state index contributed by atoms with van der Waals surface area (Å²) in [6.45, 7) is 1.27. The Kier molecular flexibility index (Phi) is 5.32. The molecule has 5 nitrogen and oxygen atoms in total. The monoisotopic (exact) mass is 272 g/mol. The minimum absolute atomic E-state index is 0.0963. The Hall–Kier alpha value is -2.14. The Morgan fingerprint density at radius 2 is 2.15 bits per heavy atom. The Balaban J connectivity index is 1.66. The molecule has 1 aromatic carbocycles. The highest BCUT2D eigenvalue weighted by Gasteiger charge is 2.12. The Morgan fingerprint density at radius 3 is 2.85 bits per heavy atom. The number of nitrogens with one attached hydrogen (secondary N) is 1. The molecule has 5 heteroatoms. The zero-order chi connectivity index (χ0) is 14.2. The van der Waals surface area contributed by atoms with E-state index in [-0.39, 0.29) is 5.91 Å². The summed E-state index contributed by atoms with van der Waals surface area (Å²) in [5.41, 5.74) is 7.10. The number of aromatic nitrogens is 2. The van der Waals surface area contributed by atoms with Crippen molar-refractivity contribution in [1.29, 1.82) is 0 Å². The molecular weight excluding hydrogens is 252 g/mol. The van der Waals surface area contributed by atoms with Crippen LogP contribution in [0.2, 0.25) is 0 Å². The summed E-state index contributed by atoms with van der Waals surface area (Å²) in [7, 11) is 0. The van der Waals surface area contributed by atoms with Crippen LogP contribution in [0.1, 0.15) is 12.0 Å². The molecule has 2 rings (SSSR count). The van der Waals surface area contributed by atoms with Gasteiger partial charge in [-0.1, -0.05) is 30.3 Å². The molecule has 1 atom stereocenters. The third-order valence-corrected chi connectivity index (χ3v) is 3.15. The maximum absolute atomic E-state index is 11.8. The maximum atomic E-state index is 11.8. The first-order valence-electron chi connectivity index (χ1n) is 6.78. The second-order valence-corrected chi connectivity index (χ2v) is 4.72. The van der Waals surface area contributed by atoms with E-state index in [1.165, 1.54) is 5.56 Å². The molecule has 20 heavy (non-hydrogen) atoms. The van der Waals surface area contributed by atoms with Gasteiger partial charge in [-0.3, -0.25) is 4.79 Å². The second-order valence-electron chi connectivity index (χ2n) is 4.72. The largest absolute Gasteiger partial charge is 0.353 e. The SMILES string of the molecule is NC(CCc1ccccc1)C(=O)NCCn1ccnc1. The first kappa shape index (κ1) is 14.3. The van der Waals surface area contributed by atoms with Crippen molar-refractivity contribution in [1.82, 2.24) is 14.9 Å². The molecule has 0 aliphatic rings. The molecule has 0 fully saturated rings. The van der Waals surface area contributed by atoms with Crippen LogP contribution in [0.5, 0.6) is 0 Å². The molecule has 0 saturated heterocycles. The van der Waals surface area contributed by atoms with Crippen LogP contribution in [0.25, 0.3) is 0 Å². The average molecular weight is 272 g/mol. The fourth-order valence-corrected chi connectivity index (χ4v) is 1.96. The fourth-order valence-electron chi connectivity index (χ4n) is 1.96. The van der Waals surface area contributed by atoms with Gasteiger partial charge in [0.15, 0.2) is 0 Å². The number of carbonyl (C=O) groups is 1. The number of rotatable bonds is 7. The van der Waals surface area contributed by atoms with Crippen LogP contribution in [0.4, 0.5) is 0 Å². The number of nitrogens with zero attached hydrogens (tertiary/aromatic N) is 2. The van der Waals surface area contributed by atoms with Gasteiger partial charge < -0.3 is 15.6 Å². The number of imidazole rings is 1. The van der Waals surface area contributed by atoms with Gasteiger partial charge in [0, 0.05) is 25.5 Å². The molecule has 106 valence electrons. The summed E-state index contributed by atoms with van der Waals surface area (Å²) in [6, 6.07) is 9.59. The zero-order valence-corrected chi connectivity index (χ0v) is 11.4. The van der Waals surface area contributed by atoms with E-state index in [1.54, 1.807) is 12.5 Å².